The lowest BCUT2D eigenvalue weighted by Gasteiger charge is -2.35. The number of aliphatic hydroxyl groups excluding tert-OH is 1. The lowest BCUT2D eigenvalue weighted by molar-refractivity contribution is -0.138. The van der Waals surface area contributed by atoms with Crippen LogP contribution in [0, 0.1) is 0 Å². The number of nitrogens with zero attached hydrogens (tertiary/aromatic N) is 1. The number of hydrogen-bond donors (Lipinski definition) is 2. The number of carbonyl (C=O) groups is 1. The van der Waals surface area contributed by atoms with Crippen LogP contribution in [0.2, 0.25) is 0 Å². The molecule has 0 aromatic carbocycles. The van der Waals surface area contributed by atoms with Gasteiger partial charge >= 0.3 is 0 Å². The minimum absolute atomic E-state index is 0.0503. The van der Waals surface area contributed by atoms with Crippen molar-refractivity contribution in [1.82, 2.24) is 4.90 Å². The molecule has 0 saturated heterocycles. The Bertz CT molecular complexity index is 222. The van der Waals surface area contributed by atoms with Gasteiger partial charge in [-0.1, -0.05) is 0 Å². The zero-order chi connectivity index (χ0) is 10.3. The second-order valence-electron chi connectivity index (χ2n) is 4.49. The molecule has 3 N–H and O–H groups in total. The summed E-state index contributed by atoms with van der Waals surface area (Å²) in [5.74, 6) is -0.0634. The molecule has 1 aliphatic carbocycles. The molecule has 0 aromatic heterocycles. The SMILES string of the molecule is CN(C(=O)C1(N)CC1)C(C)(C)CO. The van der Waals surface area contributed by atoms with Gasteiger partial charge < -0.3 is 15.7 Å². The quantitative estimate of drug-likeness (QED) is 0.636. The van der Waals surface area contributed by atoms with Crippen LogP contribution in [0.25, 0.3) is 0 Å². The Labute approximate surface area is 78.7 Å². The number of rotatable bonds is 3. The standard InChI is InChI=1S/C9H18N2O2/c1-8(2,6-12)11(3)7(13)9(10)4-5-9/h12H,4-6,10H2,1-3H3. The summed E-state index contributed by atoms with van der Waals surface area (Å²) in [7, 11) is 1.69. The van der Waals surface area contributed by atoms with Crippen molar-refractivity contribution in [3.8, 4) is 0 Å². The van der Waals surface area contributed by atoms with Crippen LogP contribution in [-0.4, -0.2) is 40.6 Å². The van der Waals surface area contributed by atoms with Crippen LogP contribution < -0.4 is 5.73 Å². The van der Waals surface area contributed by atoms with Gasteiger partial charge in [-0.15, -0.1) is 0 Å². The predicted molar refractivity (Wildman–Crippen MR) is 50.1 cm³/mol. The van der Waals surface area contributed by atoms with E-state index in [0.717, 1.165) is 12.8 Å². The summed E-state index contributed by atoms with van der Waals surface area (Å²) in [6.45, 7) is 3.58. The monoisotopic (exact) mass is 186 g/mol. The second-order valence-corrected chi connectivity index (χ2v) is 4.49. The van der Waals surface area contributed by atoms with Crippen molar-refractivity contribution in [2.75, 3.05) is 13.7 Å². The fourth-order valence-corrected chi connectivity index (χ4v) is 1.06. The maximum atomic E-state index is 11.7. The molecule has 13 heavy (non-hydrogen) atoms. The van der Waals surface area contributed by atoms with Gasteiger partial charge in [0.2, 0.25) is 5.91 Å². The third-order valence-corrected chi connectivity index (χ3v) is 2.81. The molecule has 0 aliphatic heterocycles. The average Bonchev–Trinajstić information content (AvgIpc) is 2.82. The molecule has 4 nitrogen and oxygen atoms in total. The summed E-state index contributed by atoms with van der Waals surface area (Å²) in [6, 6.07) is 0. The van der Waals surface area contributed by atoms with Crippen molar-refractivity contribution < 1.29 is 9.90 Å². The van der Waals surface area contributed by atoms with Gasteiger partial charge in [0.1, 0.15) is 0 Å². The van der Waals surface area contributed by atoms with E-state index in [1.54, 1.807) is 11.9 Å². The Kier molecular flexibility index (Phi) is 2.38. The molecule has 1 aliphatic rings. The van der Waals surface area contributed by atoms with Gasteiger partial charge in [0.05, 0.1) is 17.7 Å². The molecule has 0 radical (unpaired) electrons. The van der Waals surface area contributed by atoms with Gasteiger partial charge in [-0.05, 0) is 26.7 Å². The van der Waals surface area contributed by atoms with Crippen molar-refractivity contribution in [2.24, 2.45) is 5.73 Å². The van der Waals surface area contributed by atoms with Crippen LogP contribution in [0.4, 0.5) is 0 Å². The molecule has 0 spiro atoms. The minimum Gasteiger partial charge on any atom is -0.394 e. The molecule has 1 amide bonds. The fourth-order valence-electron chi connectivity index (χ4n) is 1.06. The molecule has 4 heteroatoms. The Hall–Kier alpha value is -0.610. The van der Waals surface area contributed by atoms with E-state index >= 15 is 0 Å². The van der Waals surface area contributed by atoms with Crippen LogP contribution in [0.15, 0.2) is 0 Å². The first-order chi connectivity index (χ1) is 5.83. The van der Waals surface area contributed by atoms with Crippen molar-refractivity contribution in [2.45, 2.75) is 37.8 Å². The molecule has 0 bridgehead atoms. The molecule has 0 unspecified atom stereocenters. The molecule has 0 atom stereocenters. The zero-order valence-corrected chi connectivity index (χ0v) is 8.50. The fraction of sp³-hybridized carbons (Fsp3) is 0.889. The topological polar surface area (TPSA) is 66.6 Å². The van der Waals surface area contributed by atoms with E-state index in [-0.39, 0.29) is 12.5 Å². The largest absolute Gasteiger partial charge is 0.394 e. The van der Waals surface area contributed by atoms with E-state index < -0.39 is 11.1 Å². The molecule has 1 fully saturated rings. The van der Waals surface area contributed by atoms with Gasteiger partial charge in [-0.3, -0.25) is 4.79 Å². The van der Waals surface area contributed by atoms with Gasteiger partial charge in [0.25, 0.3) is 0 Å². The van der Waals surface area contributed by atoms with Gasteiger partial charge in [0.15, 0.2) is 0 Å². The molecular formula is C9H18N2O2. The smallest absolute Gasteiger partial charge is 0.242 e. The summed E-state index contributed by atoms with van der Waals surface area (Å²) in [6.07, 6.45) is 1.52. The molecule has 0 aromatic rings. The van der Waals surface area contributed by atoms with Crippen LogP contribution in [-0.2, 0) is 4.79 Å². The summed E-state index contributed by atoms with van der Waals surface area (Å²) in [4.78, 5) is 13.3. The second kappa shape index (κ2) is 2.96. The molecule has 1 saturated carbocycles. The van der Waals surface area contributed by atoms with E-state index in [0.29, 0.717) is 0 Å². The number of nitrogens with two attached hydrogens (primary N) is 1. The third kappa shape index (κ3) is 1.84. The lowest BCUT2D eigenvalue weighted by atomic mass is 10.0. The van der Waals surface area contributed by atoms with Crippen LogP contribution in [0.5, 0.6) is 0 Å². The van der Waals surface area contributed by atoms with Crippen molar-refractivity contribution >= 4 is 5.91 Å². The summed E-state index contributed by atoms with van der Waals surface area (Å²) < 4.78 is 0. The van der Waals surface area contributed by atoms with Crippen molar-refractivity contribution in [1.29, 1.82) is 0 Å². The first-order valence-corrected chi connectivity index (χ1v) is 4.51. The van der Waals surface area contributed by atoms with E-state index in [2.05, 4.69) is 0 Å². The first-order valence-electron chi connectivity index (χ1n) is 4.51. The Morgan fingerprint density at radius 1 is 1.62 bits per heavy atom. The van der Waals surface area contributed by atoms with Gasteiger partial charge in [-0.2, -0.15) is 0 Å². The molecule has 1 rings (SSSR count). The molecule has 0 heterocycles. The van der Waals surface area contributed by atoms with Crippen molar-refractivity contribution in [3.63, 3.8) is 0 Å². The lowest BCUT2D eigenvalue weighted by Crippen LogP contribution is -2.54. The number of hydrogen-bond acceptors (Lipinski definition) is 3. The van der Waals surface area contributed by atoms with E-state index in [1.807, 2.05) is 13.8 Å². The average molecular weight is 186 g/mol. The van der Waals surface area contributed by atoms with E-state index in [4.69, 9.17) is 10.8 Å². The normalized spacial score (nSPS) is 19.8. The number of amides is 1. The number of carbonyl (C=O) groups excluding carboxylic acids is 1. The summed E-state index contributed by atoms with van der Waals surface area (Å²) >= 11 is 0. The summed E-state index contributed by atoms with van der Waals surface area (Å²) in [5, 5.41) is 9.06. The first kappa shape index (κ1) is 10.5. The Morgan fingerprint density at radius 2 is 2.08 bits per heavy atom. The Balaban J connectivity index is 2.67. The zero-order valence-electron chi connectivity index (χ0n) is 8.50. The highest BCUT2D eigenvalue weighted by Gasteiger charge is 2.49. The molecule has 76 valence electrons. The van der Waals surface area contributed by atoms with Crippen LogP contribution >= 0.6 is 0 Å². The maximum Gasteiger partial charge on any atom is 0.242 e. The highest BCUT2D eigenvalue weighted by molar-refractivity contribution is 5.89. The number of aliphatic hydroxyl groups is 1. The maximum absolute atomic E-state index is 11.7. The predicted octanol–water partition coefficient (Wildman–Crippen LogP) is -0.293. The van der Waals surface area contributed by atoms with Crippen LogP contribution in [0.3, 0.4) is 0 Å². The van der Waals surface area contributed by atoms with Gasteiger partial charge in [0, 0.05) is 7.05 Å². The van der Waals surface area contributed by atoms with E-state index in [9.17, 15) is 4.79 Å². The molecular weight excluding hydrogens is 168 g/mol. The van der Waals surface area contributed by atoms with Crippen LogP contribution in [0.1, 0.15) is 26.7 Å². The third-order valence-electron chi connectivity index (χ3n) is 2.81. The Morgan fingerprint density at radius 3 is 2.38 bits per heavy atom. The highest BCUT2D eigenvalue weighted by atomic mass is 16.3. The van der Waals surface area contributed by atoms with Gasteiger partial charge in [-0.25, -0.2) is 0 Å². The summed E-state index contributed by atoms with van der Waals surface area (Å²) in [5.41, 5.74) is 4.61. The van der Waals surface area contributed by atoms with E-state index in [1.165, 1.54) is 0 Å². The van der Waals surface area contributed by atoms with Crippen molar-refractivity contribution in [3.05, 3.63) is 0 Å². The highest BCUT2D eigenvalue weighted by Crippen LogP contribution is 2.35. The minimum atomic E-state index is -0.638. The number of likely N-dealkylation sites (N-methyl/N-ethyl adjacent to an activating group) is 1.